The maximum Gasteiger partial charge on any atom is 0.254 e. The van der Waals surface area contributed by atoms with E-state index in [-0.39, 0.29) is 23.4 Å². The predicted molar refractivity (Wildman–Crippen MR) is 58.2 cm³/mol. The van der Waals surface area contributed by atoms with Gasteiger partial charge in [-0.25, -0.2) is 0 Å². The molecule has 0 saturated carbocycles. The van der Waals surface area contributed by atoms with Crippen LogP contribution in [0.5, 0.6) is 0 Å². The van der Waals surface area contributed by atoms with E-state index in [1.807, 2.05) is 0 Å². The predicted octanol–water partition coefficient (Wildman–Crippen LogP) is 1.11. The number of aromatic amines is 1. The Morgan fingerprint density at radius 1 is 1.50 bits per heavy atom. The van der Waals surface area contributed by atoms with Gasteiger partial charge in [0.2, 0.25) is 5.43 Å². The van der Waals surface area contributed by atoms with Crippen LogP contribution in [0.3, 0.4) is 0 Å². The summed E-state index contributed by atoms with van der Waals surface area (Å²) >= 11 is 1.29. The van der Waals surface area contributed by atoms with E-state index in [9.17, 15) is 9.59 Å². The lowest BCUT2D eigenvalue weighted by Crippen LogP contribution is -2.21. The summed E-state index contributed by atoms with van der Waals surface area (Å²) < 4.78 is 0.538. The summed E-state index contributed by atoms with van der Waals surface area (Å²) in [6.45, 7) is 0. The minimum atomic E-state index is -0.698. The maximum atomic E-state index is 11.5. The number of amides is 1. The van der Waals surface area contributed by atoms with E-state index in [1.165, 1.54) is 17.5 Å². The summed E-state index contributed by atoms with van der Waals surface area (Å²) in [6, 6.07) is 1.78. The van der Waals surface area contributed by atoms with Gasteiger partial charge in [0.05, 0.1) is 10.2 Å². The number of carbonyl (C=O) groups is 1. The molecule has 0 bridgehead atoms. The van der Waals surface area contributed by atoms with Gasteiger partial charge in [0, 0.05) is 6.20 Å². The number of hydrogen-bond acceptors (Lipinski definition) is 3. The zero-order chi connectivity index (χ0) is 9.42. The molecule has 2 aromatic rings. The van der Waals surface area contributed by atoms with E-state index in [0.717, 1.165) is 5.52 Å². The van der Waals surface area contributed by atoms with E-state index in [2.05, 4.69) is 4.98 Å². The Balaban J connectivity index is 0.000000980. The molecule has 0 unspecified atom stereocenters. The SMILES string of the molecule is Cl.NC(=O)c1c[nH]c2ccsc2c1=O. The summed E-state index contributed by atoms with van der Waals surface area (Å²) in [4.78, 5) is 25.1. The number of nitrogens with two attached hydrogens (primary N) is 1. The lowest BCUT2D eigenvalue weighted by molar-refractivity contribution is 0.0999. The standard InChI is InChI=1S/C8H6N2O2S.ClH/c9-8(12)4-3-10-5-1-2-13-7(5)6(4)11;/h1-3H,(H2,9,12)(H,10,11);1H. The van der Waals surface area contributed by atoms with Gasteiger partial charge < -0.3 is 10.7 Å². The van der Waals surface area contributed by atoms with Crippen LogP contribution in [0.25, 0.3) is 10.2 Å². The summed E-state index contributed by atoms with van der Waals surface area (Å²) in [7, 11) is 0. The number of thiophene rings is 1. The van der Waals surface area contributed by atoms with Crippen molar-refractivity contribution in [2.45, 2.75) is 0 Å². The van der Waals surface area contributed by atoms with Gasteiger partial charge in [-0.1, -0.05) is 0 Å². The molecule has 0 saturated heterocycles. The summed E-state index contributed by atoms with van der Waals surface area (Å²) in [5.74, 6) is -0.698. The number of H-pyrrole nitrogens is 1. The number of nitrogens with one attached hydrogen (secondary N) is 1. The van der Waals surface area contributed by atoms with Crippen molar-refractivity contribution in [1.29, 1.82) is 0 Å². The zero-order valence-corrected chi connectivity index (χ0v) is 8.58. The quantitative estimate of drug-likeness (QED) is 0.770. The third-order valence-electron chi connectivity index (χ3n) is 1.75. The first-order valence-electron chi connectivity index (χ1n) is 3.59. The normalized spacial score (nSPS) is 9.71. The van der Waals surface area contributed by atoms with Gasteiger partial charge in [-0.3, -0.25) is 9.59 Å². The van der Waals surface area contributed by atoms with Gasteiger partial charge in [-0.15, -0.1) is 23.7 Å². The third kappa shape index (κ3) is 1.51. The molecule has 1 amide bonds. The molecule has 0 aliphatic rings. The number of halogens is 1. The fraction of sp³-hybridized carbons (Fsp3) is 0. The molecule has 2 aromatic heterocycles. The number of carbonyl (C=O) groups excluding carboxylic acids is 1. The van der Waals surface area contributed by atoms with E-state index in [1.54, 1.807) is 11.4 Å². The molecule has 2 heterocycles. The summed E-state index contributed by atoms with van der Waals surface area (Å²) in [5, 5.41) is 1.79. The Kier molecular flexibility index (Phi) is 2.93. The third-order valence-corrected chi connectivity index (χ3v) is 2.67. The smallest absolute Gasteiger partial charge is 0.254 e. The van der Waals surface area contributed by atoms with Gasteiger partial charge in [0.15, 0.2) is 0 Å². The number of pyridine rings is 1. The van der Waals surface area contributed by atoms with Gasteiger partial charge in [0.25, 0.3) is 5.91 Å². The van der Waals surface area contributed by atoms with Crippen molar-refractivity contribution in [2.75, 3.05) is 0 Å². The lowest BCUT2D eigenvalue weighted by Gasteiger charge is -1.93. The Labute approximate surface area is 89.2 Å². The molecule has 3 N–H and O–H groups in total. The topological polar surface area (TPSA) is 76.0 Å². The van der Waals surface area contributed by atoms with E-state index in [4.69, 9.17) is 5.73 Å². The highest BCUT2D eigenvalue weighted by Crippen LogP contribution is 2.14. The van der Waals surface area contributed by atoms with Gasteiger partial charge in [-0.05, 0) is 11.4 Å². The van der Waals surface area contributed by atoms with Crippen LogP contribution in [0.1, 0.15) is 10.4 Å². The molecule has 0 radical (unpaired) electrons. The van der Waals surface area contributed by atoms with Crippen molar-refractivity contribution in [1.82, 2.24) is 4.98 Å². The fourth-order valence-electron chi connectivity index (χ4n) is 1.12. The largest absolute Gasteiger partial charge is 0.365 e. The Hall–Kier alpha value is -1.33. The average molecular weight is 231 g/mol. The van der Waals surface area contributed by atoms with Crippen molar-refractivity contribution in [2.24, 2.45) is 5.73 Å². The molecule has 0 atom stereocenters. The molecule has 0 fully saturated rings. The minimum absolute atomic E-state index is 0. The van der Waals surface area contributed by atoms with Crippen LogP contribution in [-0.2, 0) is 0 Å². The highest BCUT2D eigenvalue weighted by molar-refractivity contribution is 7.17. The molecule has 6 heteroatoms. The molecule has 14 heavy (non-hydrogen) atoms. The highest BCUT2D eigenvalue weighted by Gasteiger charge is 2.09. The number of aromatic nitrogens is 1. The van der Waals surface area contributed by atoms with Crippen LogP contribution in [0.15, 0.2) is 22.4 Å². The number of primary amides is 1. The van der Waals surface area contributed by atoms with Gasteiger partial charge in [0.1, 0.15) is 5.56 Å². The molecule has 4 nitrogen and oxygen atoms in total. The summed E-state index contributed by atoms with van der Waals surface area (Å²) in [5.41, 5.74) is 5.47. The summed E-state index contributed by atoms with van der Waals surface area (Å²) in [6.07, 6.45) is 1.35. The average Bonchev–Trinajstić information content (AvgIpc) is 2.52. The zero-order valence-electron chi connectivity index (χ0n) is 6.94. The number of fused-ring (bicyclic) bond motifs is 1. The fourth-order valence-corrected chi connectivity index (χ4v) is 1.93. The lowest BCUT2D eigenvalue weighted by atomic mass is 10.2. The van der Waals surface area contributed by atoms with Crippen LogP contribution in [0.2, 0.25) is 0 Å². The molecular formula is C8H7ClN2O2S. The number of hydrogen-bond donors (Lipinski definition) is 2. The Morgan fingerprint density at radius 2 is 2.21 bits per heavy atom. The molecule has 0 aliphatic heterocycles. The van der Waals surface area contributed by atoms with Crippen LogP contribution in [-0.4, -0.2) is 10.9 Å². The van der Waals surface area contributed by atoms with Crippen LogP contribution in [0.4, 0.5) is 0 Å². The van der Waals surface area contributed by atoms with E-state index < -0.39 is 5.91 Å². The molecule has 2 rings (SSSR count). The minimum Gasteiger partial charge on any atom is -0.365 e. The van der Waals surface area contributed by atoms with Crippen molar-refractivity contribution >= 4 is 39.9 Å². The van der Waals surface area contributed by atoms with Crippen LogP contribution in [0, 0.1) is 0 Å². The first-order chi connectivity index (χ1) is 6.20. The highest BCUT2D eigenvalue weighted by atomic mass is 35.5. The Morgan fingerprint density at radius 3 is 2.86 bits per heavy atom. The molecule has 0 spiro atoms. The van der Waals surface area contributed by atoms with E-state index in [0.29, 0.717) is 4.70 Å². The second kappa shape index (κ2) is 3.81. The first kappa shape index (κ1) is 10.7. The van der Waals surface area contributed by atoms with Crippen LogP contribution >= 0.6 is 23.7 Å². The second-order valence-corrected chi connectivity index (χ2v) is 3.48. The molecular weight excluding hydrogens is 224 g/mol. The monoisotopic (exact) mass is 230 g/mol. The van der Waals surface area contributed by atoms with Gasteiger partial charge in [-0.2, -0.15) is 0 Å². The molecule has 0 aromatic carbocycles. The van der Waals surface area contributed by atoms with Crippen molar-refractivity contribution < 1.29 is 4.79 Å². The van der Waals surface area contributed by atoms with Crippen LogP contribution < -0.4 is 11.2 Å². The van der Waals surface area contributed by atoms with E-state index >= 15 is 0 Å². The molecule has 74 valence electrons. The van der Waals surface area contributed by atoms with Crippen molar-refractivity contribution in [3.05, 3.63) is 33.4 Å². The second-order valence-electron chi connectivity index (χ2n) is 2.56. The number of rotatable bonds is 1. The van der Waals surface area contributed by atoms with Crippen molar-refractivity contribution in [3.63, 3.8) is 0 Å². The van der Waals surface area contributed by atoms with Gasteiger partial charge >= 0.3 is 0 Å². The first-order valence-corrected chi connectivity index (χ1v) is 4.47. The maximum absolute atomic E-state index is 11.5. The van der Waals surface area contributed by atoms with Crippen molar-refractivity contribution in [3.8, 4) is 0 Å². The Bertz CT molecular complexity index is 531. The molecule has 0 aliphatic carbocycles.